The van der Waals surface area contributed by atoms with Gasteiger partial charge in [0.05, 0.1) is 0 Å². The van der Waals surface area contributed by atoms with Gasteiger partial charge < -0.3 is 11.1 Å². The molecule has 0 fully saturated rings. The number of anilines is 2. The maximum absolute atomic E-state index is 5.32. The maximum atomic E-state index is 5.32. The van der Waals surface area contributed by atoms with Crippen LogP contribution in [0.25, 0.3) is 0 Å². The summed E-state index contributed by atoms with van der Waals surface area (Å²) in [5.41, 5.74) is 8.76. The molecular formula is C15H16N2. The van der Waals surface area contributed by atoms with Gasteiger partial charge in [-0.3, -0.25) is 0 Å². The summed E-state index contributed by atoms with van der Waals surface area (Å²) in [6.45, 7) is 0. The minimum atomic E-state index is 0.877. The van der Waals surface area contributed by atoms with E-state index >= 15 is 0 Å². The molecule has 2 aromatic rings. The van der Waals surface area contributed by atoms with Gasteiger partial charge in [-0.05, 0) is 42.4 Å². The van der Waals surface area contributed by atoms with E-state index in [9.17, 15) is 0 Å². The number of nitrogens with one attached hydrogen (secondary N) is 1. The van der Waals surface area contributed by atoms with Crippen LogP contribution in [0.2, 0.25) is 0 Å². The van der Waals surface area contributed by atoms with Crippen molar-refractivity contribution in [2.75, 3.05) is 5.32 Å². The second-order valence-electron chi connectivity index (χ2n) is 3.82. The van der Waals surface area contributed by atoms with Crippen molar-refractivity contribution in [3.8, 4) is 0 Å². The van der Waals surface area contributed by atoms with Gasteiger partial charge in [-0.2, -0.15) is 0 Å². The van der Waals surface area contributed by atoms with E-state index in [-0.39, 0.29) is 0 Å². The summed E-state index contributed by atoms with van der Waals surface area (Å²) in [7, 11) is 0. The van der Waals surface area contributed by atoms with Crippen LogP contribution in [0.1, 0.15) is 5.56 Å². The summed E-state index contributed by atoms with van der Waals surface area (Å²) >= 11 is 0. The Morgan fingerprint density at radius 1 is 0.882 bits per heavy atom. The van der Waals surface area contributed by atoms with Crippen LogP contribution < -0.4 is 11.1 Å². The lowest BCUT2D eigenvalue weighted by Gasteiger charge is -2.06. The van der Waals surface area contributed by atoms with Gasteiger partial charge in [-0.25, -0.2) is 0 Å². The van der Waals surface area contributed by atoms with Crippen molar-refractivity contribution in [3.63, 3.8) is 0 Å². The smallest absolute Gasteiger partial charge is 0.0384 e. The lowest BCUT2D eigenvalue weighted by Crippen LogP contribution is -1.90. The summed E-state index contributed by atoms with van der Waals surface area (Å²) in [5.74, 6) is 0. The normalized spacial score (nSPS) is 10.6. The maximum Gasteiger partial charge on any atom is 0.0384 e. The highest BCUT2D eigenvalue weighted by atomic mass is 14.9. The van der Waals surface area contributed by atoms with Crippen molar-refractivity contribution in [2.24, 2.45) is 5.73 Å². The van der Waals surface area contributed by atoms with Crippen LogP contribution in [0, 0.1) is 0 Å². The Bertz CT molecular complexity index is 472. The number of rotatable bonds is 4. The molecule has 17 heavy (non-hydrogen) atoms. The first kappa shape index (κ1) is 11.3. The van der Waals surface area contributed by atoms with E-state index in [2.05, 4.69) is 29.6 Å². The molecule has 0 heterocycles. The SMILES string of the molecule is NC=CCc1ccc(Nc2ccccc2)cc1. The number of hydrogen-bond acceptors (Lipinski definition) is 2. The zero-order valence-electron chi connectivity index (χ0n) is 9.64. The third kappa shape index (κ3) is 3.38. The molecule has 0 amide bonds. The fourth-order valence-corrected chi connectivity index (χ4v) is 1.62. The lowest BCUT2D eigenvalue weighted by molar-refractivity contribution is 1.26. The van der Waals surface area contributed by atoms with Crippen molar-refractivity contribution >= 4 is 11.4 Å². The number of para-hydroxylation sites is 1. The lowest BCUT2D eigenvalue weighted by atomic mass is 10.1. The molecule has 0 saturated carbocycles. The highest BCUT2D eigenvalue weighted by Crippen LogP contribution is 2.16. The van der Waals surface area contributed by atoms with E-state index in [1.54, 1.807) is 6.20 Å². The number of hydrogen-bond donors (Lipinski definition) is 2. The molecule has 0 aliphatic heterocycles. The first-order valence-electron chi connectivity index (χ1n) is 5.66. The zero-order valence-corrected chi connectivity index (χ0v) is 9.64. The molecule has 0 bridgehead atoms. The van der Waals surface area contributed by atoms with Crippen LogP contribution in [0.3, 0.4) is 0 Å². The second kappa shape index (κ2) is 5.75. The molecule has 2 heteroatoms. The molecule has 0 spiro atoms. The number of benzene rings is 2. The molecule has 2 aromatic carbocycles. The summed E-state index contributed by atoms with van der Waals surface area (Å²) in [6.07, 6.45) is 4.40. The van der Waals surface area contributed by atoms with E-state index in [0.717, 1.165) is 17.8 Å². The minimum Gasteiger partial charge on any atom is -0.405 e. The van der Waals surface area contributed by atoms with Crippen molar-refractivity contribution < 1.29 is 0 Å². The van der Waals surface area contributed by atoms with Crippen molar-refractivity contribution in [1.29, 1.82) is 0 Å². The van der Waals surface area contributed by atoms with Crippen LogP contribution in [-0.2, 0) is 6.42 Å². The molecule has 2 nitrogen and oxygen atoms in total. The average Bonchev–Trinajstić information content (AvgIpc) is 2.39. The molecule has 0 aromatic heterocycles. The van der Waals surface area contributed by atoms with E-state index in [1.807, 2.05) is 36.4 Å². The Labute approximate surface area is 102 Å². The standard InChI is InChI=1S/C15H16N2/c16-12-4-5-13-8-10-15(11-9-13)17-14-6-2-1-3-7-14/h1-4,6-12,17H,5,16H2. The van der Waals surface area contributed by atoms with E-state index in [0.29, 0.717) is 0 Å². The Hall–Kier alpha value is -2.22. The van der Waals surface area contributed by atoms with Crippen LogP contribution in [0.5, 0.6) is 0 Å². The zero-order chi connectivity index (χ0) is 11.9. The highest BCUT2D eigenvalue weighted by molar-refractivity contribution is 5.59. The van der Waals surface area contributed by atoms with Gasteiger partial charge in [0.2, 0.25) is 0 Å². The fourth-order valence-electron chi connectivity index (χ4n) is 1.62. The summed E-state index contributed by atoms with van der Waals surface area (Å²) in [6, 6.07) is 18.5. The summed E-state index contributed by atoms with van der Waals surface area (Å²) < 4.78 is 0. The molecule has 86 valence electrons. The first-order valence-corrected chi connectivity index (χ1v) is 5.66. The topological polar surface area (TPSA) is 38.0 Å². The molecule has 0 aliphatic carbocycles. The van der Waals surface area contributed by atoms with Gasteiger partial charge in [0.1, 0.15) is 0 Å². The minimum absolute atomic E-state index is 0.877. The van der Waals surface area contributed by atoms with Gasteiger partial charge in [0.15, 0.2) is 0 Å². The van der Waals surface area contributed by atoms with Crippen LogP contribution in [0.15, 0.2) is 66.9 Å². The third-order valence-electron chi connectivity index (χ3n) is 2.51. The second-order valence-corrected chi connectivity index (χ2v) is 3.82. The van der Waals surface area contributed by atoms with Gasteiger partial charge >= 0.3 is 0 Å². The first-order chi connectivity index (χ1) is 8.38. The molecule has 0 radical (unpaired) electrons. The van der Waals surface area contributed by atoms with Crippen molar-refractivity contribution in [3.05, 3.63) is 72.4 Å². The monoisotopic (exact) mass is 224 g/mol. The molecule has 0 unspecified atom stereocenters. The third-order valence-corrected chi connectivity index (χ3v) is 2.51. The van der Waals surface area contributed by atoms with Crippen LogP contribution in [0.4, 0.5) is 11.4 Å². The van der Waals surface area contributed by atoms with E-state index in [4.69, 9.17) is 5.73 Å². The Morgan fingerprint density at radius 2 is 1.53 bits per heavy atom. The highest BCUT2D eigenvalue weighted by Gasteiger charge is 1.94. The molecule has 0 saturated heterocycles. The predicted octanol–water partition coefficient (Wildman–Crippen LogP) is 3.45. The molecule has 2 rings (SSSR count). The molecule has 3 N–H and O–H groups in total. The average molecular weight is 224 g/mol. The van der Waals surface area contributed by atoms with Crippen molar-refractivity contribution in [2.45, 2.75) is 6.42 Å². The quantitative estimate of drug-likeness (QED) is 0.834. The Morgan fingerprint density at radius 3 is 2.18 bits per heavy atom. The van der Waals surface area contributed by atoms with Gasteiger partial charge in [0.25, 0.3) is 0 Å². The fraction of sp³-hybridized carbons (Fsp3) is 0.0667. The summed E-state index contributed by atoms with van der Waals surface area (Å²) in [5, 5.41) is 3.34. The van der Waals surface area contributed by atoms with Gasteiger partial charge in [-0.1, -0.05) is 36.4 Å². The van der Waals surface area contributed by atoms with E-state index in [1.165, 1.54) is 5.56 Å². The van der Waals surface area contributed by atoms with Crippen LogP contribution in [-0.4, -0.2) is 0 Å². The Balaban J connectivity index is 2.03. The van der Waals surface area contributed by atoms with Crippen LogP contribution >= 0.6 is 0 Å². The molecule has 0 aliphatic rings. The van der Waals surface area contributed by atoms with Gasteiger partial charge in [-0.15, -0.1) is 0 Å². The van der Waals surface area contributed by atoms with Gasteiger partial charge in [0, 0.05) is 11.4 Å². The number of allylic oxidation sites excluding steroid dienone is 1. The predicted molar refractivity (Wildman–Crippen MR) is 73.2 cm³/mol. The largest absolute Gasteiger partial charge is 0.405 e. The van der Waals surface area contributed by atoms with E-state index < -0.39 is 0 Å². The summed E-state index contributed by atoms with van der Waals surface area (Å²) in [4.78, 5) is 0. The Kier molecular flexibility index (Phi) is 3.81. The molecular weight excluding hydrogens is 208 g/mol. The number of nitrogens with two attached hydrogens (primary N) is 1. The molecule has 0 atom stereocenters. The van der Waals surface area contributed by atoms with Crippen molar-refractivity contribution in [1.82, 2.24) is 0 Å².